The van der Waals surface area contributed by atoms with Crippen LogP contribution in [0.25, 0.3) is 10.9 Å². The summed E-state index contributed by atoms with van der Waals surface area (Å²) in [5.41, 5.74) is 5.81. The van der Waals surface area contributed by atoms with Gasteiger partial charge in [0.15, 0.2) is 5.82 Å². The third kappa shape index (κ3) is 5.25. The molecule has 0 spiro atoms. The summed E-state index contributed by atoms with van der Waals surface area (Å²) in [5, 5.41) is 14.2. The van der Waals surface area contributed by atoms with E-state index in [1.807, 2.05) is 54.2 Å². The molecule has 198 valence electrons. The highest BCUT2D eigenvalue weighted by atomic mass is 16.1. The van der Waals surface area contributed by atoms with Crippen LogP contribution in [0, 0.1) is 13.8 Å². The van der Waals surface area contributed by atoms with Gasteiger partial charge >= 0.3 is 0 Å². The van der Waals surface area contributed by atoms with Crippen LogP contribution in [-0.2, 0) is 13.1 Å². The van der Waals surface area contributed by atoms with E-state index in [2.05, 4.69) is 61.6 Å². The van der Waals surface area contributed by atoms with Crippen molar-refractivity contribution in [1.82, 2.24) is 35.1 Å². The number of aromatic nitrogens is 6. The van der Waals surface area contributed by atoms with E-state index < -0.39 is 6.04 Å². The molecule has 0 amide bonds. The number of tetrazole rings is 1. The second kappa shape index (κ2) is 10.9. The molecule has 0 bridgehead atoms. The number of rotatable bonds is 8. The van der Waals surface area contributed by atoms with Crippen molar-refractivity contribution in [1.29, 1.82) is 0 Å². The van der Waals surface area contributed by atoms with Crippen molar-refractivity contribution >= 4 is 10.9 Å². The Kier molecular flexibility index (Phi) is 7.02. The molecule has 1 N–H and O–H groups in total. The molecule has 8 heteroatoms. The van der Waals surface area contributed by atoms with Gasteiger partial charge in [-0.15, -0.1) is 5.10 Å². The predicted molar refractivity (Wildman–Crippen MR) is 151 cm³/mol. The third-order valence-electron chi connectivity index (χ3n) is 7.77. The first-order chi connectivity index (χ1) is 19.1. The van der Waals surface area contributed by atoms with Crippen LogP contribution in [0.2, 0.25) is 0 Å². The van der Waals surface area contributed by atoms with Crippen molar-refractivity contribution in [3.8, 4) is 0 Å². The first-order valence-corrected chi connectivity index (χ1v) is 13.7. The number of fused-ring (bicyclic) bond motifs is 1. The van der Waals surface area contributed by atoms with Crippen molar-refractivity contribution in [3.05, 3.63) is 117 Å². The van der Waals surface area contributed by atoms with Crippen LogP contribution in [0.15, 0.2) is 77.9 Å². The van der Waals surface area contributed by atoms with Crippen LogP contribution >= 0.6 is 0 Å². The second-order valence-corrected chi connectivity index (χ2v) is 10.7. The number of nitrogens with zero attached hydrogens (tertiary/aromatic N) is 6. The third-order valence-corrected chi connectivity index (χ3v) is 7.77. The minimum Gasteiger partial charge on any atom is -0.322 e. The SMILES string of the molecule is Cc1cc(C)c2cc(C(c3nnnn3C3CCCC3)N(Cc3ccccc3)Cc3cccnc3)c(=O)[nH]c2c1. The van der Waals surface area contributed by atoms with Crippen LogP contribution < -0.4 is 5.56 Å². The molecule has 0 aliphatic heterocycles. The molecule has 1 saturated carbocycles. The number of hydrogen-bond acceptors (Lipinski definition) is 6. The summed E-state index contributed by atoms with van der Waals surface area (Å²) >= 11 is 0. The Labute approximate surface area is 227 Å². The molecule has 1 aliphatic carbocycles. The van der Waals surface area contributed by atoms with Gasteiger partial charge in [-0.05, 0) is 77.6 Å². The lowest BCUT2D eigenvalue weighted by atomic mass is 9.99. The average Bonchev–Trinajstić information content (AvgIpc) is 3.63. The molecule has 2 aromatic carbocycles. The van der Waals surface area contributed by atoms with E-state index in [-0.39, 0.29) is 11.6 Å². The van der Waals surface area contributed by atoms with Gasteiger partial charge in [0, 0.05) is 41.9 Å². The average molecular weight is 520 g/mol. The Balaban J connectivity index is 1.55. The second-order valence-electron chi connectivity index (χ2n) is 10.7. The Morgan fingerprint density at radius 3 is 2.54 bits per heavy atom. The first-order valence-electron chi connectivity index (χ1n) is 13.7. The molecule has 1 atom stereocenters. The molecule has 1 aliphatic rings. The zero-order valence-electron chi connectivity index (χ0n) is 22.4. The van der Waals surface area contributed by atoms with Crippen molar-refractivity contribution in [2.75, 3.05) is 0 Å². The lowest BCUT2D eigenvalue weighted by Crippen LogP contribution is -2.35. The highest BCUT2D eigenvalue weighted by molar-refractivity contribution is 5.83. The van der Waals surface area contributed by atoms with E-state index in [0.717, 1.165) is 58.8 Å². The van der Waals surface area contributed by atoms with E-state index in [9.17, 15) is 4.79 Å². The van der Waals surface area contributed by atoms with Crippen molar-refractivity contribution in [3.63, 3.8) is 0 Å². The molecular formula is C31H33N7O. The Hall–Kier alpha value is -4.17. The molecule has 6 rings (SSSR count). The standard InChI is InChI=1S/C31H33N7O/c1-21-15-22(2)26-17-27(31(39)33-28(26)16-21)29(30-34-35-36-38(30)25-12-6-7-13-25)37(19-23-9-4-3-5-10-23)20-24-11-8-14-32-18-24/h3-5,8-11,14-18,25,29H,6-7,12-13,19-20H2,1-2H3,(H,33,39). The highest BCUT2D eigenvalue weighted by Gasteiger charge is 2.33. The van der Waals surface area contributed by atoms with Crippen molar-refractivity contribution in [2.45, 2.75) is 64.7 Å². The van der Waals surface area contributed by atoms with Gasteiger partial charge in [-0.1, -0.05) is 55.3 Å². The number of aryl methyl sites for hydroxylation is 2. The Morgan fingerprint density at radius 2 is 1.77 bits per heavy atom. The molecule has 0 radical (unpaired) electrons. The fourth-order valence-corrected chi connectivity index (χ4v) is 5.96. The molecule has 1 fully saturated rings. The number of benzene rings is 2. The summed E-state index contributed by atoms with van der Waals surface area (Å²) in [6, 6.07) is 20.4. The van der Waals surface area contributed by atoms with E-state index in [4.69, 9.17) is 0 Å². The number of hydrogen-bond donors (Lipinski definition) is 1. The van der Waals surface area contributed by atoms with Gasteiger partial charge in [0.2, 0.25) is 0 Å². The fraction of sp³-hybridized carbons (Fsp3) is 0.323. The van der Waals surface area contributed by atoms with Crippen LogP contribution in [-0.4, -0.2) is 35.1 Å². The van der Waals surface area contributed by atoms with Gasteiger partial charge < -0.3 is 4.98 Å². The lowest BCUT2D eigenvalue weighted by molar-refractivity contribution is 0.190. The summed E-state index contributed by atoms with van der Waals surface area (Å²) in [5.74, 6) is 0.705. The van der Waals surface area contributed by atoms with Gasteiger partial charge in [-0.2, -0.15) is 0 Å². The number of nitrogens with one attached hydrogen (secondary N) is 1. The van der Waals surface area contributed by atoms with E-state index >= 15 is 0 Å². The molecular weight excluding hydrogens is 486 g/mol. The summed E-state index contributed by atoms with van der Waals surface area (Å²) in [4.78, 5) is 23.7. The zero-order chi connectivity index (χ0) is 26.8. The Bertz CT molecular complexity index is 1580. The number of pyridine rings is 2. The summed E-state index contributed by atoms with van der Waals surface area (Å²) in [6.07, 6.45) is 8.06. The minimum atomic E-state index is -0.463. The zero-order valence-corrected chi connectivity index (χ0v) is 22.4. The van der Waals surface area contributed by atoms with Crippen LogP contribution in [0.1, 0.15) is 71.4 Å². The fourth-order valence-electron chi connectivity index (χ4n) is 5.96. The Morgan fingerprint density at radius 1 is 1.00 bits per heavy atom. The molecule has 8 nitrogen and oxygen atoms in total. The van der Waals surface area contributed by atoms with Crippen LogP contribution in [0.3, 0.4) is 0 Å². The smallest absolute Gasteiger partial charge is 0.253 e. The van der Waals surface area contributed by atoms with Crippen molar-refractivity contribution < 1.29 is 0 Å². The summed E-state index contributed by atoms with van der Waals surface area (Å²) in [7, 11) is 0. The first kappa shape index (κ1) is 25.1. The van der Waals surface area contributed by atoms with Gasteiger partial charge in [0.1, 0.15) is 6.04 Å². The highest BCUT2D eigenvalue weighted by Crippen LogP contribution is 2.35. The minimum absolute atomic E-state index is 0.122. The maximum Gasteiger partial charge on any atom is 0.253 e. The van der Waals surface area contributed by atoms with E-state index in [0.29, 0.717) is 24.5 Å². The molecule has 1 unspecified atom stereocenters. The van der Waals surface area contributed by atoms with E-state index in [1.165, 1.54) is 0 Å². The molecule has 5 aromatic rings. The largest absolute Gasteiger partial charge is 0.322 e. The molecule has 3 heterocycles. The monoisotopic (exact) mass is 519 g/mol. The topological polar surface area (TPSA) is 92.6 Å². The lowest BCUT2D eigenvalue weighted by Gasteiger charge is -2.32. The van der Waals surface area contributed by atoms with Crippen LogP contribution in [0.5, 0.6) is 0 Å². The maximum atomic E-state index is 13.9. The summed E-state index contributed by atoms with van der Waals surface area (Å²) < 4.78 is 1.98. The summed E-state index contributed by atoms with van der Waals surface area (Å²) in [6.45, 7) is 5.33. The number of aromatic amines is 1. The molecule has 3 aromatic heterocycles. The quantitative estimate of drug-likeness (QED) is 0.294. The maximum absolute atomic E-state index is 13.9. The van der Waals surface area contributed by atoms with Gasteiger partial charge in [-0.3, -0.25) is 14.7 Å². The van der Waals surface area contributed by atoms with Crippen LogP contribution in [0.4, 0.5) is 0 Å². The van der Waals surface area contributed by atoms with Gasteiger partial charge in [0.25, 0.3) is 5.56 Å². The predicted octanol–water partition coefficient (Wildman–Crippen LogP) is 5.43. The van der Waals surface area contributed by atoms with Gasteiger partial charge in [-0.25, -0.2) is 4.68 Å². The number of H-pyrrole nitrogens is 1. The molecule has 0 saturated heterocycles. The normalized spacial score (nSPS) is 14.8. The molecule has 39 heavy (non-hydrogen) atoms. The van der Waals surface area contributed by atoms with E-state index in [1.54, 1.807) is 6.20 Å². The van der Waals surface area contributed by atoms with Gasteiger partial charge in [0.05, 0.1) is 6.04 Å². The van der Waals surface area contributed by atoms with Crippen molar-refractivity contribution in [2.24, 2.45) is 0 Å².